The molecule has 4 heterocycles. The zero-order valence-corrected chi connectivity index (χ0v) is 23.4. The topological polar surface area (TPSA) is 158 Å². The zero-order valence-electron chi connectivity index (χ0n) is 21.8. The highest BCUT2D eigenvalue weighted by Crippen LogP contribution is 2.31. The number of aromatic amines is 1. The number of amides is 1. The van der Waals surface area contributed by atoms with Crippen molar-refractivity contribution in [3.8, 4) is 10.6 Å². The van der Waals surface area contributed by atoms with Gasteiger partial charge in [-0.05, 0) is 24.6 Å². The van der Waals surface area contributed by atoms with E-state index in [1.54, 1.807) is 30.6 Å². The molecule has 1 aliphatic heterocycles. The van der Waals surface area contributed by atoms with E-state index in [1.807, 2.05) is 18.7 Å². The lowest BCUT2D eigenvalue weighted by Crippen LogP contribution is -2.49. The molecular formula is C25H31N7O5S2. The van der Waals surface area contributed by atoms with Gasteiger partial charge in [0.25, 0.3) is 15.6 Å². The van der Waals surface area contributed by atoms with Crippen molar-refractivity contribution in [1.29, 1.82) is 0 Å². The van der Waals surface area contributed by atoms with Gasteiger partial charge in [-0.3, -0.25) is 19.4 Å². The van der Waals surface area contributed by atoms with Crippen molar-refractivity contribution in [3.05, 3.63) is 52.7 Å². The van der Waals surface area contributed by atoms with Gasteiger partial charge in [0.2, 0.25) is 5.91 Å². The van der Waals surface area contributed by atoms with Gasteiger partial charge in [0.1, 0.15) is 21.4 Å². The maximum atomic E-state index is 13.3. The van der Waals surface area contributed by atoms with Gasteiger partial charge in [-0.1, -0.05) is 13.8 Å². The normalized spacial score (nSPS) is 14.5. The van der Waals surface area contributed by atoms with Crippen LogP contribution in [0.3, 0.4) is 0 Å². The largest absolute Gasteiger partial charge is 0.352 e. The fourth-order valence-corrected chi connectivity index (χ4v) is 6.93. The number of thiophene rings is 1. The van der Waals surface area contributed by atoms with Gasteiger partial charge in [-0.25, -0.2) is 18.5 Å². The average molecular weight is 574 g/mol. The lowest BCUT2D eigenvalue weighted by atomic mass is 10.0. The van der Waals surface area contributed by atoms with E-state index >= 15 is 0 Å². The molecule has 3 aromatic heterocycles. The molecule has 1 amide bonds. The highest BCUT2D eigenvalue weighted by Gasteiger charge is 2.31. The van der Waals surface area contributed by atoms with Crippen molar-refractivity contribution in [1.82, 2.24) is 29.8 Å². The number of nitrogens with zero attached hydrogens (tertiary/aromatic N) is 5. The second-order valence-electron chi connectivity index (χ2n) is 9.39. The molecule has 2 N–H and O–H groups in total. The smallest absolute Gasteiger partial charge is 0.264 e. The number of Topliss-reactive ketones (excluding diaryl/α,β-unsaturated/α-hetero) is 1. The van der Waals surface area contributed by atoms with Gasteiger partial charge in [-0.2, -0.15) is 9.40 Å². The van der Waals surface area contributed by atoms with Crippen LogP contribution >= 0.6 is 11.3 Å². The molecule has 0 bridgehead atoms. The summed E-state index contributed by atoms with van der Waals surface area (Å²) in [5.74, 6) is 0.553. The van der Waals surface area contributed by atoms with Crippen molar-refractivity contribution < 1.29 is 18.0 Å². The second-order valence-corrected chi connectivity index (χ2v) is 12.6. The Kier molecular flexibility index (Phi) is 9.20. The maximum absolute atomic E-state index is 13.3. The summed E-state index contributed by atoms with van der Waals surface area (Å²) in [7, 11) is -3.71. The summed E-state index contributed by atoms with van der Waals surface area (Å²) in [6, 6.07) is 6.12. The molecule has 39 heavy (non-hydrogen) atoms. The summed E-state index contributed by atoms with van der Waals surface area (Å²) in [5, 5.41) is 9.17. The number of rotatable bonds is 11. The molecule has 0 aliphatic carbocycles. The molecule has 0 unspecified atom stereocenters. The van der Waals surface area contributed by atoms with Crippen molar-refractivity contribution in [2.45, 2.75) is 43.9 Å². The van der Waals surface area contributed by atoms with Crippen LogP contribution in [0.4, 0.5) is 5.82 Å². The summed E-state index contributed by atoms with van der Waals surface area (Å²) >= 11 is 1.10. The molecule has 0 radical (unpaired) electrons. The third-order valence-corrected chi connectivity index (χ3v) is 9.79. The van der Waals surface area contributed by atoms with E-state index in [-0.39, 0.29) is 53.4 Å². The lowest BCUT2D eigenvalue weighted by Gasteiger charge is -2.35. The number of piperazine rings is 1. The quantitative estimate of drug-likeness (QED) is 0.349. The fraction of sp³-hybridized carbons (Fsp3) is 0.440. The first-order valence-electron chi connectivity index (χ1n) is 12.7. The third-order valence-electron chi connectivity index (χ3n) is 6.32. The molecule has 1 aliphatic rings. The number of H-pyrrole nitrogens is 1. The predicted molar refractivity (Wildman–Crippen MR) is 147 cm³/mol. The standard InChI is InChI=1S/C25H31N7O5S2/c1-17(2)20(33)4-3-5-22(34)28-16-19-25(27-11-10-26-19)31-12-14-32(15-13-31)39(36,37)24-9-7-21(38-24)18-6-8-23(35)30-29-18/h6-11,17H,3-5,12-16H2,1-2H3,(H,28,34)(H,30,35). The SMILES string of the molecule is CC(C)C(=O)CCCC(=O)NCc1nccnc1N1CCN(S(=O)(=O)c2ccc(-c3ccc(=O)[nH]n3)s2)CC1. The number of hydrogen-bond acceptors (Lipinski definition) is 10. The van der Waals surface area contributed by atoms with E-state index < -0.39 is 10.0 Å². The summed E-state index contributed by atoms with van der Waals surface area (Å²) in [5.41, 5.74) is 0.762. The number of ketones is 1. The molecule has 14 heteroatoms. The Morgan fingerprint density at radius 3 is 2.49 bits per heavy atom. The van der Waals surface area contributed by atoms with E-state index in [1.165, 1.54) is 10.4 Å². The first-order valence-corrected chi connectivity index (χ1v) is 14.9. The van der Waals surface area contributed by atoms with Crippen LogP contribution in [0.5, 0.6) is 0 Å². The van der Waals surface area contributed by atoms with E-state index in [9.17, 15) is 22.8 Å². The Bertz CT molecular complexity index is 1460. The summed E-state index contributed by atoms with van der Waals surface area (Å²) < 4.78 is 28.2. The summed E-state index contributed by atoms with van der Waals surface area (Å²) in [6.07, 6.45) is 4.26. The van der Waals surface area contributed by atoms with Gasteiger partial charge in [0.05, 0.1) is 11.4 Å². The Hall–Kier alpha value is -3.49. The van der Waals surface area contributed by atoms with Crippen LogP contribution in [0.25, 0.3) is 10.6 Å². The highest BCUT2D eigenvalue weighted by atomic mass is 32.2. The van der Waals surface area contributed by atoms with Crippen LogP contribution in [0.2, 0.25) is 0 Å². The van der Waals surface area contributed by atoms with Crippen LogP contribution in [-0.2, 0) is 26.2 Å². The van der Waals surface area contributed by atoms with Gasteiger partial charge >= 0.3 is 0 Å². The molecule has 3 aromatic rings. The molecule has 0 atom stereocenters. The molecule has 0 aromatic carbocycles. The molecule has 1 fully saturated rings. The van der Waals surface area contributed by atoms with Crippen LogP contribution in [0.15, 0.2) is 45.7 Å². The maximum Gasteiger partial charge on any atom is 0.264 e. The molecule has 4 rings (SSSR count). The molecule has 0 spiro atoms. The minimum absolute atomic E-state index is 0.0343. The predicted octanol–water partition coefficient (Wildman–Crippen LogP) is 1.81. The number of sulfonamides is 1. The first kappa shape index (κ1) is 28.5. The molecule has 12 nitrogen and oxygen atoms in total. The van der Waals surface area contributed by atoms with Crippen molar-refractivity contribution in [2.24, 2.45) is 5.92 Å². The minimum atomic E-state index is -3.71. The van der Waals surface area contributed by atoms with Crippen LogP contribution in [-0.4, -0.2) is 70.8 Å². The monoisotopic (exact) mass is 573 g/mol. The van der Waals surface area contributed by atoms with E-state index in [2.05, 4.69) is 25.5 Å². The highest BCUT2D eigenvalue weighted by molar-refractivity contribution is 7.91. The van der Waals surface area contributed by atoms with E-state index in [4.69, 9.17) is 0 Å². The molecule has 0 saturated carbocycles. The van der Waals surface area contributed by atoms with Crippen LogP contribution in [0.1, 0.15) is 38.8 Å². The molecular weight excluding hydrogens is 542 g/mol. The van der Waals surface area contributed by atoms with Gasteiger partial charge < -0.3 is 10.2 Å². The van der Waals surface area contributed by atoms with Crippen molar-refractivity contribution >= 4 is 38.9 Å². The Balaban J connectivity index is 1.34. The van der Waals surface area contributed by atoms with Crippen LogP contribution < -0.4 is 15.8 Å². The van der Waals surface area contributed by atoms with Crippen molar-refractivity contribution in [2.75, 3.05) is 31.1 Å². The second kappa shape index (κ2) is 12.6. The lowest BCUT2D eigenvalue weighted by molar-refractivity contribution is -0.123. The van der Waals surface area contributed by atoms with Gasteiger partial charge in [0, 0.05) is 63.4 Å². The number of hydrogen-bond donors (Lipinski definition) is 2. The number of carbonyl (C=O) groups excluding carboxylic acids is 2. The Labute approximate surface area is 230 Å². The number of nitrogens with one attached hydrogen (secondary N) is 2. The van der Waals surface area contributed by atoms with E-state index in [0.717, 1.165) is 11.3 Å². The van der Waals surface area contributed by atoms with Crippen LogP contribution in [0, 0.1) is 5.92 Å². The number of carbonyl (C=O) groups is 2. The molecule has 208 valence electrons. The Morgan fingerprint density at radius 1 is 1.05 bits per heavy atom. The van der Waals surface area contributed by atoms with Crippen molar-refractivity contribution in [3.63, 3.8) is 0 Å². The Morgan fingerprint density at radius 2 is 1.79 bits per heavy atom. The fourth-order valence-electron chi connectivity index (χ4n) is 4.08. The number of aromatic nitrogens is 4. The first-order chi connectivity index (χ1) is 18.6. The molecule has 1 saturated heterocycles. The van der Waals surface area contributed by atoms with E-state index in [0.29, 0.717) is 48.0 Å². The van der Waals surface area contributed by atoms with Gasteiger partial charge in [-0.15, -0.1) is 11.3 Å². The average Bonchev–Trinajstić information content (AvgIpc) is 3.44. The summed E-state index contributed by atoms with van der Waals surface area (Å²) in [6.45, 7) is 5.23. The number of anilines is 1. The van der Waals surface area contributed by atoms with Gasteiger partial charge in [0.15, 0.2) is 5.82 Å². The zero-order chi connectivity index (χ0) is 28.0. The minimum Gasteiger partial charge on any atom is -0.352 e. The summed E-state index contributed by atoms with van der Waals surface area (Å²) in [4.78, 5) is 46.7. The third kappa shape index (κ3) is 7.13.